The van der Waals surface area contributed by atoms with Gasteiger partial charge in [0.05, 0.1) is 6.54 Å². The molecule has 6 nitrogen and oxygen atoms in total. The Balaban J connectivity index is 1.93. The van der Waals surface area contributed by atoms with E-state index in [1.54, 1.807) is 6.92 Å². The van der Waals surface area contributed by atoms with E-state index in [4.69, 9.17) is 4.42 Å². The first-order valence-electron chi connectivity index (χ1n) is 8.14. The van der Waals surface area contributed by atoms with E-state index >= 15 is 0 Å². The quantitative estimate of drug-likeness (QED) is 0.857. The van der Waals surface area contributed by atoms with Crippen LogP contribution in [0, 0.1) is 6.92 Å². The van der Waals surface area contributed by atoms with Crippen LogP contribution in [0.3, 0.4) is 0 Å². The number of nitrogens with zero attached hydrogens (tertiary/aromatic N) is 2. The molecule has 0 bridgehead atoms. The van der Waals surface area contributed by atoms with Gasteiger partial charge in [0.2, 0.25) is 0 Å². The summed E-state index contributed by atoms with van der Waals surface area (Å²) in [5.41, 5.74) is 1.57. The van der Waals surface area contributed by atoms with E-state index in [1.165, 1.54) is 16.9 Å². The molecule has 1 N–H and O–H groups in total. The van der Waals surface area contributed by atoms with Crippen LogP contribution in [0.5, 0.6) is 0 Å². The van der Waals surface area contributed by atoms with Gasteiger partial charge in [0.1, 0.15) is 17.0 Å². The molecule has 3 amide bonds. The number of oxazole rings is 1. The number of rotatable bonds is 5. The summed E-state index contributed by atoms with van der Waals surface area (Å²) in [6.07, 6.45) is 2.73. The summed E-state index contributed by atoms with van der Waals surface area (Å²) < 4.78 is 5.15. The molecule has 6 heteroatoms. The van der Waals surface area contributed by atoms with Crippen molar-refractivity contribution < 1.29 is 14.0 Å². The molecule has 1 aromatic heterocycles. The number of benzene rings is 1. The summed E-state index contributed by atoms with van der Waals surface area (Å²) in [5, 5.41) is 2.88. The van der Waals surface area contributed by atoms with Crippen LogP contribution in [0.4, 0.5) is 4.79 Å². The minimum atomic E-state index is -1.01. The molecule has 1 unspecified atom stereocenters. The molecule has 1 aliphatic heterocycles. The summed E-state index contributed by atoms with van der Waals surface area (Å²) in [6, 6.07) is 7.44. The lowest BCUT2D eigenvalue weighted by Gasteiger charge is -2.26. The number of urea groups is 1. The molecule has 0 radical (unpaired) electrons. The third-order valence-corrected chi connectivity index (χ3v) is 4.71. The van der Waals surface area contributed by atoms with Gasteiger partial charge in [-0.15, -0.1) is 0 Å². The highest BCUT2D eigenvalue weighted by Gasteiger charge is 2.51. The van der Waals surface area contributed by atoms with Crippen molar-refractivity contribution in [3.8, 4) is 0 Å². The smallest absolute Gasteiger partial charge is 0.325 e. The van der Waals surface area contributed by atoms with Gasteiger partial charge in [0.25, 0.3) is 5.91 Å². The van der Waals surface area contributed by atoms with Crippen molar-refractivity contribution in [3.05, 3.63) is 53.2 Å². The van der Waals surface area contributed by atoms with Crippen molar-refractivity contribution in [1.82, 2.24) is 15.2 Å². The van der Waals surface area contributed by atoms with Gasteiger partial charge in [0.15, 0.2) is 6.39 Å². The molecule has 0 saturated carbocycles. The molecule has 2 heterocycles. The number of carbonyl (C=O) groups is 2. The maximum atomic E-state index is 13.0. The van der Waals surface area contributed by atoms with Gasteiger partial charge < -0.3 is 9.73 Å². The first-order chi connectivity index (χ1) is 11.5. The highest BCUT2D eigenvalue weighted by atomic mass is 16.3. The van der Waals surface area contributed by atoms with Gasteiger partial charge >= 0.3 is 6.03 Å². The number of aromatic nitrogens is 1. The number of imide groups is 1. The van der Waals surface area contributed by atoms with Gasteiger partial charge in [-0.1, -0.05) is 38.1 Å². The van der Waals surface area contributed by atoms with Gasteiger partial charge in [0, 0.05) is 0 Å². The van der Waals surface area contributed by atoms with E-state index in [0.717, 1.165) is 12.0 Å². The first-order valence-corrected chi connectivity index (χ1v) is 8.14. The summed E-state index contributed by atoms with van der Waals surface area (Å²) in [5.74, 6) is 0.360. The zero-order chi connectivity index (χ0) is 17.3. The Kier molecular flexibility index (Phi) is 4.13. The standard InChI is InChI=1S/C18H21N3O3/c1-4-13-6-8-14(9-7-13)18(5-2)16(22)21(17(23)20-18)10-15-12(3)24-11-19-15/h6-9,11H,4-5,10H2,1-3H3,(H,20,23). The van der Waals surface area contributed by atoms with Crippen molar-refractivity contribution in [3.63, 3.8) is 0 Å². The van der Waals surface area contributed by atoms with Crippen LogP contribution in [-0.2, 0) is 23.3 Å². The number of aryl methyl sites for hydroxylation is 2. The van der Waals surface area contributed by atoms with Crippen LogP contribution in [0.15, 0.2) is 35.1 Å². The molecule has 1 fully saturated rings. The molecular formula is C18H21N3O3. The summed E-state index contributed by atoms with van der Waals surface area (Å²) in [7, 11) is 0. The highest BCUT2D eigenvalue weighted by Crippen LogP contribution is 2.33. The van der Waals surface area contributed by atoms with Crippen molar-refractivity contribution >= 4 is 11.9 Å². The Bertz CT molecular complexity index is 766. The predicted octanol–water partition coefficient (Wildman–Crippen LogP) is 2.90. The highest BCUT2D eigenvalue weighted by molar-refractivity contribution is 6.07. The molecule has 1 atom stereocenters. The Morgan fingerprint density at radius 1 is 1.21 bits per heavy atom. The van der Waals surface area contributed by atoms with Crippen molar-refractivity contribution in [2.24, 2.45) is 0 Å². The Morgan fingerprint density at radius 2 is 1.92 bits per heavy atom. The van der Waals surface area contributed by atoms with Gasteiger partial charge in [-0.05, 0) is 30.9 Å². The van der Waals surface area contributed by atoms with Crippen molar-refractivity contribution in [1.29, 1.82) is 0 Å². The normalized spacial score (nSPS) is 20.5. The molecule has 24 heavy (non-hydrogen) atoms. The number of nitrogens with one attached hydrogen (secondary N) is 1. The third-order valence-electron chi connectivity index (χ3n) is 4.71. The zero-order valence-corrected chi connectivity index (χ0v) is 14.1. The lowest BCUT2D eigenvalue weighted by Crippen LogP contribution is -2.43. The molecule has 0 aliphatic carbocycles. The molecule has 126 valence electrons. The van der Waals surface area contributed by atoms with E-state index in [0.29, 0.717) is 17.9 Å². The minimum Gasteiger partial charge on any atom is -0.448 e. The Morgan fingerprint density at radius 3 is 2.46 bits per heavy atom. The second-order valence-corrected chi connectivity index (χ2v) is 5.99. The fourth-order valence-corrected chi connectivity index (χ4v) is 3.06. The number of amides is 3. The lowest BCUT2D eigenvalue weighted by atomic mass is 9.86. The van der Waals surface area contributed by atoms with Crippen LogP contribution in [0.2, 0.25) is 0 Å². The van der Waals surface area contributed by atoms with Crippen molar-refractivity contribution in [2.45, 2.75) is 45.7 Å². The number of hydrogen-bond donors (Lipinski definition) is 1. The topological polar surface area (TPSA) is 75.4 Å². The van der Waals surface area contributed by atoms with Crippen LogP contribution in [0.1, 0.15) is 42.8 Å². The minimum absolute atomic E-state index is 0.113. The average Bonchev–Trinajstić information content (AvgIpc) is 3.11. The van der Waals surface area contributed by atoms with E-state index in [-0.39, 0.29) is 12.5 Å². The molecule has 1 aliphatic rings. The second kappa shape index (κ2) is 6.11. The van der Waals surface area contributed by atoms with Crippen LogP contribution in [0.25, 0.3) is 0 Å². The Labute approximate surface area is 140 Å². The maximum Gasteiger partial charge on any atom is 0.325 e. The molecule has 0 spiro atoms. The van der Waals surface area contributed by atoms with Gasteiger partial charge in [-0.3, -0.25) is 9.69 Å². The second-order valence-electron chi connectivity index (χ2n) is 5.99. The monoisotopic (exact) mass is 327 g/mol. The largest absolute Gasteiger partial charge is 0.448 e. The number of hydrogen-bond acceptors (Lipinski definition) is 4. The van der Waals surface area contributed by atoms with E-state index in [2.05, 4.69) is 17.2 Å². The van der Waals surface area contributed by atoms with E-state index in [1.807, 2.05) is 31.2 Å². The summed E-state index contributed by atoms with van der Waals surface area (Å²) in [6.45, 7) is 5.85. The first kappa shape index (κ1) is 16.2. The Hall–Kier alpha value is -2.63. The zero-order valence-electron chi connectivity index (χ0n) is 14.1. The molecular weight excluding hydrogens is 306 g/mol. The average molecular weight is 327 g/mol. The lowest BCUT2D eigenvalue weighted by molar-refractivity contribution is -0.132. The fourth-order valence-electron chi connectivity index (χ4n) is 3.06. The molecule has 1 aromatic carbocycles. The van der Waals surface area contributed by atoms with Crippen LogP contribution in [-0.4, -0.2) is 21.8 Å². The predicted molar refractivity (Wildman–Crippen MR) is 88.1 cm³/mol. The molecule has 2 aromatic rings. The van der Waals surface area contributed by atoms with Gasteiger partial charge in [-0.2, -0.15) is 0 Å². The molecule has 3 rings (SSSR count). The maximum absolute atomic E-state index is 13.0. The van der Waals surface area contributed by atoms with Crippen LogP contribution >= 0.6 is 0 Å². The van der Waals surface area contributed by atoms with E-state index < -0.39 is 11.6 Å². The fraction of sp³-hybridized carbons (Fsp3) is 0.389. The van der Waals surface area contributed by atoms with Crippen molar-refractivity contribution in [2.75, 3.05) is 0 Å². The SMILES string of the molecule is CCc1ccc(C2(CC)NC(=O)N(Cc3ncoc3C)C2=O)cc1. The van der Waals surface area contributed by atoms with Crippen LogP contribution < -0.4 is 5.32 Å². The molecule has 1 saturated heterocycles. The third kappa shape index (κ3) is 2.48. The summed E-state index contributed by atoms with van der Waals surface area (Å²) in [4.78, 5) is 30.8. The van der Waals surface area contributed by atoms with E-state index in [9.17, 15) is 9.59 Å². The summed E-state index contributed by atoms with van der Waals surface area (Å²) >= 11 is 0. The van der Waals surface area contributed by atoms with Gasteiger partial charge in [-0.25, -0.2) is 9.78 Å². The number of carbonyl (C=O) groups excluding carboxylic acids is 2.